The van der Waals surface area contributed by atoms with Crippen LogP contribution in [0.2, 0.25) is 0 Å². The first-order chi connectivity index (χ1) is 9.58. The Labute approximate surface area is 116 Å². The van der Waals surface area contributed by atoms with Crippen LogP contribution in [0.25, 0.3) is 0 Å². The van der Waals surface area contributed by atoms with E-state index in [1.165, 1.54) is 24.3 Å². The molecular formula is C16H14F2N2. The third-order valence-corrected chi connectivity index (χ3v) is 2.96. The Morgan fingerprint density at radius 1 is 1.15 bits per heavy atom. The molecule has 0 bridgehead atoms. The van der Waals surface area contributed by atoms with Gasteiger partial charge in [0.25, 0.3) is 0 Å². The molecular weight excluding hydrogens is 258 g/mol. The third-order valence-electron chi connectivity index (χ3n) is 2.96. The number of nitrogens with zero attached hydrogens (tertiary/aromatic N) is 1. The number of benzene rings is 2. The van der Waals surface area contributed by atoms with Gasteiger partial charge in [0.1, 0.15) is 17.7 Å². The van der Waals surface area contributed by atoms with Gasteiger partial charge in [-0.3, -0.25) is 0 Å². The fourth-order valence-corrected chi connectivity index (χ4v) is 2.01. The zero-order valence-corrected chi connectivity index (χ0v) is 11.0. The first kappa shape index (κ1) is 14.0. The summed E-state index contributed by atoms with van der Waals surface area (Å²) in [6.07, 6.45) is 0.696. The molecule has 1 atom stereocenters. The lowest BCUT2D eigenvalue weighted by molar-refractivity contribution is 0.623. The molecule has 102 valence electrons. The van der Waals surface area contributed by atoms with Gasteiger partial charge in [-0.2, -0.15) is 5.26 Å². The zero-order chi connectivity index (χ0) is 14.5. The van der Waals surface area contributed by atoms with E-state index in [1.54, 1.807) is 24.3 Å². The lowest BCUT2D eigenvalue weighted by atomic mass is 10.1. The maximum atomic E-state index is 13.5. The molecule has 0 saturated carbocycles. The van der Waals surface area contributed by atoms with Gasteiger partial charge in [0.15, 0.2) is 0 Å². The SMILES string of the molecule is CC(Cc1ccc(F)cc1)Nc1ccc(C#N)c(F)c1. The summed E-state index contributed by atoms with van der Waals surface area (Å²) >= 11 is 0. The number of rotatable bonds is 4. The number of nitriles is 1. The molecule has 2 aromatic carbocycles. The summed E-state index contributed by atoms with van der Waals surface area (Å²) in [5, 5.41) is 11.8. The van der Waals surface area contributed by atoms with Gasteiger partial charge in [0, 0.05) is 11.7 Å². The Morgan fingerprint density at radius 2 is 1.85 bits per heavy atom. The second kappa shape index (κ2) is 6.16. The molecule has 20 heavy (non-hydrogen) atoms. The van der Waals surface area contributed by atoms with Crippen LogP contribution in [-0.2, 0) is 6.42 Å². The Morgan fingerprint density at radius 3 is 2.45 bits per heavy atom. The van der Waals surface area contributed by atoms with Crippen molar-refractivity contribution in [2.45, 2.75) is 19.4 Å². The molecule has 0 aliphatic carbocycles. The van der Waals surface area contributed by atoms with Crippen molar-refractivity contribution in [3.63, 3.8) is 0 Å². The van der Waals surface area contributed by atoms with Crippen LogP contribution in [0.15, 0.2) is 42.5 Å². The van der Waals surface area contributed by atoms with E-state index < -0.39 is 5.82 Å². The number of hydrogen-bond acceptors (Lipinski definition) is 2. The first-order valence-electron chi connectivity index (χ1n) is 6.29. The van der Waals surface area contributed by atoms with E-state index in [0.29, 0.717) is 12.1 Å². The molecule has 1 N–H and O–H groups in total. The molecule has 2 rings (SSSR count). The molecule has 0 radical (unpaired) electrons. The van der Waals surface area contributed by atoms with Crippen molar-refractivity contribution in [3.05, 3.63) is 65.2 Å². The Hall–Kier alpha value is -2.41. The quantitative estimate of drug-likeness (QED) is 0.916. The van der Waals surface area contributed by atoms with Gasteiger partial charge in [-0.1, -0.05) is 12.1 Å². The highest BCUT2D eigenvalue weighted by atomic mass is 19.1. The summed E-state index contributed by atoms with van der Waals surface area (Å²) in [5.74, 6) is -0.796. The predicted octanol–water partition coefficient (Wildman–Crippen LogP) is 3.88. The molecule has 0 spiro atoms. The standard InChI is InChI=1S/C16H14F2N2/c1-11(8-12-2-5-14(17)6-3-12)20-15-7-4-13(10-19)16(18)9-15/h2-7,9,11,20H,8H2,1H3. The largest absolute Gasteiger partial charge is 0.382 e. The Bertz CT molecular complexity index is 630. The Balaban J connectivity index is 2.01. The third kappa shape index (κ3) is 3.55. The molecule has 2 nitrogen and oxygen atoms in total. The maximum absolute atomic E-state index is 13.5. The van der Waals surface area contributed by atoms with Gasteiger partial charge in [0.2, 0.25) is 0 Å². The van der Waals surface area contributed by atoms with Crippen molar-refractivity contribution in [1.29, 1.82) is 5.26 Å². The van der Waals surface area contributed by atoms with E-state index in [9.17, 15) is 8.78 Å². The summed E-state index contributed by atoms with van der Waals surface area (Å²) < 4.78 is 26.3. The monoisotopic (exact) mass is 272 g/mol. The summed E-state index contributed by atoms with van der Waals surface area (Å²) in [5.41, 5.74) is 1.65. The highest BCUT2D eigenvalue weighted by Gasteiger charge is 2.07. The average molecular weight is 272 g/mol. The normalized spacial score (nSPS) is 11.7. The van der Waals surface area contributed by atoms with Crippen molar-refractivity contribution in [3.8, 4) is 6.07 Å². The van der Waals surface area contributed by atoms with Gasteiger partial charge in [-0.05, 0) is 49.2 Å². The van der Waals surface area contributed by atoms with E-state index >= 15 is 0 Å². The minimum atomic E-state index is -0.536. The predicted molar refractivity (Wildman–Crippen MR) is 74.3 cm³/mol. The minimum Gasteiger partial charge on any atom is -0.382 e. The summed E-state index contributed by atoms with van der Waals surface area (Å²) in [7, 11) is 0. The molecule has 0 fully saturated rings. The lowest BCUT2D eigenvalue weighted by Gasteiger charge is -2.15. The molecule has 0 heterocycles. The van der Waals surface area contributed by atoms with Crippen molar-refractivity contribution >= 4 is 5.69 Å². The fraction of sp³-hybridized carbons (Fsp3) is 0.188. The molecule has 0 aliphatic rings. The summed E-state index contributed by atoms with van der Waals surface area (Å²) in [6, 6.07) is 12.6. The van der Waals surface area contributed by atoms with Crippen molar-refractivity contribution in [1.82, 2.24) is 0 Å². The molecule has 1 unspecified atom stereocenters. The van der Waals surface area contributed by atoms with Gasteiger partial charge in [-0.15, -0.1) is 0 Å². The van der Waals surface area contributed by atoms with Crippen LogP contribution in [-0.4, -0.2) is 6.04 Å². The van der Waals surface area contributed by atoms with E-state index in [4.69, 9.17) is 5.26 Å². The van der Waals surface area contributed by atoms with Gasteiger partial charge in [-0.25, -0.2) is 8.78 Å². The summed E-state index contributed by atoms with van der Waals surface area (Å²) in [4.78, 5) is 0. The van der Waals surface area contributed by atoms with Crippen molar-refractivity contribution in [2.75, 3.05) is 5.32 Å². The highest BCUT2D eigenvalue weighted by molar-refractivity contribution is 5.48. The first-order valence-corrected chi connectivity index (χ1v) is 6.29. The highest BCUT2D eigenvalue weighted by Crippen LogP contribution is 2.16. The number of anilines is 1. The number of nitrogens with one attached hydrogen (secondary N) is 1. The van der Waals surface area contributed by atoms with Crippen molar-refractivity contribution in [2.24, 2.45) is 0 Å². The van der Waals surface area contributed by atoms with Gasteiger partial charge < -0.3 is 5.32 Å². The minimum absolute atomic E-state index is 0.0294. The van der Waals surface area contributed by atoms with Gasteiger partial charge >= 0.3 is 0 Å². The zero-order valence-electron chi connectivity index (χ0n) is 11.0. The second-order valence-corrected chi connectivity index (χ2v) is 4.68. The molecule has 2 aromatic rings. The van der Waals surface area contributed by atoms with Crippen LogP contribution in [0.4, 0.5) is 14.5 Å². The van der Waals surface area contributed by atoms with E-state index in [-0.39, 0.29) is 17.4 Å². The van der Waals surface area contributed by atoms with Gasteiger partial charge in [0.05, 0.1) is 5.56 Å². The number of halogens is 2. The molecule has 0 saturated heterocycles. The molecule has 0 amide bonds. The van der Waals surface area contributed by atoms with Crippen LogP contribution < -0.4 is 5.32 Å². The Kier molecular flexibility index (Phi) is 4.31. The topological polar surface area (TPSA) is 35.8 Å². The van der Waals surface area contributed by atoms with Crippen LogP contribution in [0.5, 0.6) is 0 Å². The maximum Gasteiger partial charge on any atom is 0.143 e. The van der Waals surface area contributed by atoms with Crippen LogP contribution in [0.3, 0.4) is 0 Å². The van der Waals surface area contributed by atoms with Crippen LogP contribution in [0.1, 0.15) is 18.1 Å². The average Bonchev–Trinajstić information content (AvgIpc) is 2.41. The number of hydrogen-bond donors (Lipinski definition) is 1. The second-order valence-electron chi connectivity index (χ2n) is 4.68. The van der Waals surface area contributed by atoms with E-state index in [0.717, 1.165) is 5.56 Å². The smallest absolute Gasteiger partial charge is 0.143 e. The van der Waals surface area contributed by atoms with E-state index in [1.807, 2.05) is 6.92 Å². The van der Waals surface area contributed by atoms with E-state index in [2.05, 4.69) is 5.32 Å². The molecule has 4 heteroatoms. The van der Waals surface area contributed by atoms with Crippen LogP contribution in [0, 0.1) is 23.0 Å². The fourth-order valence-electron chi connectivity index (χ4n) is 2.01. The molecule has 0 aliphatic heterocycles. The van der Waals surface area contributed by atoms with Crippen LogP contribution >= 0.6 is 0 Å². The molecule has 0 aromatic heterocycles. The summed E-state index contributed by atoms with van der Waals surface area (Å²) in [6.45, 7) is 1.96. The lowest BCUT2D eigenvalue weighted by Crippen LogP contribution is -2.18. The van der Waals surface area contributed by atoms with Crippen molar-refractivity contribution < 1.29 is 8.78 Å².